The van der Waals surface area contributed by atoms with Crippen molar-refractivity contribution < 1.29 is 9.53 Å². The van der Waals surface area contributed by atoms with Gasteiger partial charge in [-0.1, -0.05) is 11.6 Å². The smallest absolute Gasteiger partial charge is 0.326 e. The van der Waals surface area contributed by atoms with Crippen molar-refractivity contribution in [3.05, 3.63) is 17.8 Å². The molecule has 0 radical (unpaired) electrons. The number of halogens is 1. The second kappa shape index (κ2) is 4.44. The molecule has 6 nitrogen and oxygen atoms in total. The van der Waals surface area contributed by atoms with Gasteiger partial charge in [0.25, 0.3) is 0 Å². The molecule has 84 valence electrons. The molecule has 0 saturated carbocycles. The second-order valence-electron chi connectivity index (χ2n) is 3.01. The molecule has 0 atom stereocenters. The van der Waals surface area contributed by atoms with Gasteiger partial charge < -0.3 is 9.30 Å². The first kappa shape index (κ1) is 10.8. The van der Waals surface area contributed by atoms with E-state index >= 15 is 0 Å². The average Bonchev–Trinajstić information content (AvgIpc) is 2.63. The summed E-state index contributed by atoms with van der Waals surface area (Å²) in [5, 5.41) is 0.270. The van der Waals surface area contributed by atoms with Crippen molar-refractivity contribution in [1.82, 2.24) is 19.5 Å². The first-order chi connectivity index (χ1) is 7.72. The minimum absolute atomic E-state index is 0.0530. The summed E-state index contributed by atoms with van der Waals surface area (Å²) in [6.45, 7) is 2.15. The van der Waals surface area contributed by atoms with E-state index in [1.54, 1.807) is 11.5 Å². The van der Waals surface area contributed by atoms with Gasteiger partial charge in [-0.2, -0.15) is 0 Å². The number of aromatic nitrogens is 4. The van der Waals surface area contributed by atoms with Crippen molar-refractivity contribution >= 4 is 28.7 Å². The van der Waals surface area contributed by atoms with Gasteiger partial charge in [0.15, 0.2) is 10.8 Å². The molecule has 16 heavy (non-hydrogen) atoms. The highest BCUT2D eigenvalue weighted by Crippen LogP contribution is 2.17. The van der Waals surface area contributed by atoms with E-state index in [-0.39, 0.29) is 17.7 Å². The van der Waals surface area contributed by atoms with Crippen molar-refractivity contribution in [2.45, 2.75) is 13.5 Å². The predicted octanol–water partition coefficient (Wildman–Crippen LogP) is 1.04. The molecule has 0 aliphatic heterocycles. The number of hydrogen-bond acceptors (Lipinski definition) is 5. The molecule has 0 aromatic carbocycles. The molecule has 0 aliphatic rings. The zero-order valence-corrected chi connectivity index (χ0v) is 9.31. The van der Waals surface area contributed by atoms with Gasteiger partial charge in [-0.15, -0.1) is 0 Å². The predicted molar refractivity (Wildman–Crippen MR) is 57.0 cm³/mol. The molecule has 7 heteroatoms. The lowest BCUT2D eigenvalue weighted by Crippen LogP contribution is -2.12. The Morgan fingerprint density at radius 3 is 3.06 bits per heavy atom. The van der Waals surface area contributed by atoms with Crippen LogP contribution in [0, 0.1) is 0 Å². The first-order valence-corrected chi connectivity index (χ1v) is 5.07. The number of hydrogen-bond donors (Lipinski definition) is 0. The molecule has 0 amide bonds. The SMILES string of the molecule is CCOC(=O)Cn1cnc2ncnc(Cl)c21. The summed E-state index contributed by atoms with van der Waals surface area (Å²) >= 11 is 5.90. The monoisotopic (exact) mass is 240 g/mol. The van der Waals surface area contributed by atoms with E-state index in [2.05, 4.69) is 15.0 Å². The molecule has 0 aliphatic carbocycles. The summed E-state index contributed by atoms with van der Waals surface area (Å²) in [6, 6.07) is 0. The number of esters is 1. The molecule has 0 unspecified atom stereocenters. The van der Waals surface area contributed by atoms with Crippen molar-refractivity contribution in [2.24, 2.45) is 0 Å². The van der Waals surface area contributed by atoms with Gasteiger partial charge in [0.2, 0.25) is 0 Å². The minimum Gasteiger partial charge on any atom is -0.465 e. The molecule has 0 fully saturated rings. The lowest BCUT2D eigenvalue weighted by Gasteiger charge is -2.03. The molecule has 0 saturated heterocycles. The van der Waals surface area contributed by atoms with E-state index in [1.165, 1.54) is 12.7 Å². The van der Waals surface area contributed by atoms with Gasteiger partial charge in [0.1, 0.15) is 18.4 Å². The van der Waals surface area contributed by atoms with Crippen molar-refractivity contribution in [3.8, 4) is 0 Å². The Morgan fingerprint density at radius 1 is 1.50 bits per heavy atom. The third-order valence-electron chi connectivity index (χ3n) is 1.97. The molecule has 2 aromatic heterocycles. The Balaban J connectivity index is 2.34. The largest absolute Gasteiger partial charge is 0.465 e. The maximum Gasteiger partial charge on any atom is 0.326 e. The summed E-state index contributed by atoms with van der Waals surface area (Å²) < 4.78 is 6.40. The Kier molecular flexibility index (Phi) is 3.00. The molecule has 0 N–H and O–H groups in total. The molecular formula is C9H9ClN4O2. The van der Waals surface area contributed by atoms with E-state index in [4.69, 9.17) is 16.3 Å². The number of fused-ring (bicyclic) bond motifs is 1. The highest BCUT2D eigenvalue weighted by molar-refractivity contribution is 6.33. The van der Waals surface area contributed by atoms with Crippen LogP contribution in [0.25, 0.3) is 11.2 Å². The van der Waals surface area contributed by atoms with E-state index in [9.17, 15) is 4.79 Å². The number of nitrogens with zero attached hydrogens (tertiary/aromatic N) is 4. The average molecular weight is 241 g/mol. The quantitative estimate of drug-likeness (QED) is 0.592. The zero-order valence-electron chi connectivity index (χ0n) is 8.55. The van der Waals surface area contributed by atoms with Gasteiger partial charge in [0.05, 0.1) is 12.9 Å². The van der Waals surface area contributed by atoms with Crippen LogP contribution >= 0.6 is 11.6 Å². The van der Waals surface area contributed by atoms with Crippen LogP contribution in [0.3, 0.4) is 0 Å². The van der Waals surface area contributed by atoms with Crippen LogP contribution in [0.15, 0.2) is 12.7 Å². The highest BCUT2D eigenvalue weighted by atomic mass is 35.5. The topological polar surface area (TPSA) is 69.9 Å². The highest BCUT2D eigenvalue weighted by Gasteiger charge is 2.11. The number of ether oxygens (including phenoxy) is 1. The van der Waals surface area contributed by atoms with Crippen molar-refractivity contribution in [2.75, 3.05) is 6.61 Å². The maximum absolute atomic E-state index is 11.3. The fourth-order valence-electron chi connectivity index (χ4n) is 1.34. The summed E-state index contributed by atoms with van der Waals surface area (Å²) in [4.78, 5) is 23.1. The minimum atomic E-state index is -0.346. The van der Waals surface area contributed by atoms with Crippen LogP contribution in [0.4, 0.5) is 0 Å². The van der Waals surface area contributed by atoms with Crippen molar-refractivity contribution in [1.29, 1.82) is 0 Å². The Morgan fingerprint density at radius 2 is 2.31 bits per heavy atom. The third kappa shape index (κ3) is 1.96. The number of carbonyl (C=O) groups excluding carboxylic acids is 1. The van der Waals surface area contributed by atoms with E-state index in [1.807, 2.05) is 0 Å². The van der Waals surface area contributed by atoms with Crippen LogP contribution in [0.2, 0.25) is 5.15 Å². The summed E-state index contributed by atoms with van der Waals surface area (Å²) in [5.41, 5.74) is 1.00. The summed E-state index contributed by atoms with van der Waals surface area (Å²) in [5.74, 6) is -0.346. The van der Waals surface area contributed by atoms with Crippen molar-refractivity contribution in [3.63, 3.8) is 0 Å². The second-order valence-corrected chi connectivity index (χ2v) is 3.37. The number of rotatable bonds is 3. The lowest BCUT2D eigenvalue weighted by molar-refractivity contribution is -0.143. The molecular weight excluding hydrogens is 232 g/mol. The van der Waals surface area contributed by atoms with Gasteiger partial charge in [0, 0.05) is 0 Å². The fourth-order valence-corrected chi connectivity index (χ4v) is 1.57. The van der Waals surface area contributed by atoms with Crippen LogP contribution < -0.4 is 0 Å². The summed E-state index contributed by atoms with van der Waals surface area (Å²) in [6.07, 6.45) is 2.81. The van der Waals surface area contributed by atoms with Crippen LogP contribution in [-0.2, 0) is 16.1 Å². The van der Waals surface area contributed by atoms with E-state index in [0.29, 0.717) is 17.8 Å². The lowest BCUT2D eigenvalue weighted by atomic mass is 10.5. The zero-order chi connectivity index (χ0) is 11.5. The van der Waals surface area contributed by atoms with E-state index < -0.39 is 0 Å². The fraction of sp³-hybridized carbons (Fsp3) is 0.333. The Hall–Kier alpha value is -1.69. The Labute approximate surface area is 96.2 Å². The van der Waals surface area contributed by atoms with Gasteiger partial charge in [-0.25, -0.2) is 15.0 Å². The standard InChI is InChI=1S/C9H9ClN4O2/c1-2-16-6(15)3-14-5-13-9-7(14)8(10)11-4-12-9/h4-5H,2-3H2,1H3. The molecule has 0 spiro atoms. The normalized spacial score (nSPS) is 10.6. The van der Waals surface area contributed by atoms with Crippen LogP contribution in [0.1, 0.15) is 6.92 Å². The van der Waals surface area contributed by atoms with Crippen LogP contribution in [-0.4, -0.2) is 32.1 Å². The van der Waals surface area contributed by atoms with Crippen LogP contribution in [0.5, 0.6) is 0 Å². The molecule has 0 bridgehead atoms. The Bertz CT molecular complexity index is 525. The number of carbonyl (C=O) groups is 1. The summed E-state index contributed by atoms with van der Waals surface area (Å²) in [7, 11) is 0. The van der Waals surface area contributed by atoms with E-state index in [0.717, 1.165) is 0 Å². The molecule has 2 aromatic rings. The first-order valence-electron chi connectivity index (χ1n) is 4.69. The number of imidazole rings is 1. The maximum atomic E-state index is 11.3. The van der Waals surface area contributed by atoms with Gasteiger partial charge >= 0.3 is 5.97 Å². The van der Waals surface area contributed by atoms with Gasteiger partial charge in [-0.3, -0.25) is 4.79 Å². The molecule has 2 heterocycles. The third-order valence-corrected chi connectivity index (χ3v) is 2.25. The molecule has 2 rings (SSSR count). The van der Waals surface area contributed by atoms with Gasteiger partial charge in [-0.05, 0) is 6.92 Å².